The van der Waals surface area contributed by atoms with E-state index in [2.05, 4.69) is 36.4 Å². The fourth-order valence-corrected chi connectivity index (χ4v) is 3.14. The van der Waals surface area contributed by atoms with Crippen LogP contribution in [0.2, 0.25) is 0 Å². The standard InChI is InChI=1S/C21H24O2/c22-21-12-5-4-11-18-16-19(13-14-20(18)21)23-15-7-6-10-17-8-2-1-3-9-17/h1-3,8-9,13-14,16H,4-7,10-12,15H2. The predicted octanol–water partition coefficient (Wildman–Crippen LogP) is 5.00. The number of carbonyl (C=O) groups is 1. The van der Waals surface area contributed by atoms with E-state index in [-0.39, 0.29) is 5.78 Å². The molecule has 0 fully saturated rings. The van der Waals surface area contributed by atoms with Crippen molar-refractivity contribution in [3.63, 3.8) is 0 Å². The lowest BCUT2D eigenvalue weighted by Crippen LogP contribution is -2.02. The van der Waals surface area contributed by atoms with Crippen LogP contribution in [0, 0.1) is 0 Å². The number of hydrogen-bond acceptors (Lipinski definition) is 2. The van der Waals surface area contributed by atoms with E-state index in [1.165, 1.54) is 5.56 Å². The van der Waals surface area contributed by atoms with E-state index in [1.54, 1.807) is 0 Å². The molecular formula is C21H24O2. The summed E-state index contributed by atoms with van der Waals surface area (Å²) >= 11 is 0. The maximum absolute atomic E-state index is 12.0. The summed E-state index contributed by atoms with van der Waals surface area (Å²) in [5.74, 6) is 1.19. The SMILES string of the molecule is O=C1CCCCc2cc(OCCCCc3ccccc3)ccc21. The maximum atomic E-state index is 12.0. The van der Waals surface area contributed by atoms with Crippen molar-refractivity contribution in [3.05, 3.63) is 65.2 Å². The summed E-state index contributed by atoms with van der Waals surface area (Å²) in [4.78, 5) is 12.0. The number of unbranched alkanes of at least 4 members (excludes halogenated alkanes) is 1. The van der Waals surface area contributed by atoms with E-state index >= 15 is 0 Å². The van der Waals surface area contributed by atoms with Gasteiger partial charge in [-0.2, -0.15) is 0 Å². The van der Waals surface area contributed by atoms with Crippen molar-refractivity contribution < 1.29 is 9.53 Å². The molecule has 2 nitrogen and oxygen atoms in total. The fraction of sp³-hybridized carbons (Fsp3) is 0.381. The summed E-state index contributed by atoms with van der Waals surface area (Å²) in [6.07, 6.45) is 7.06. The molecule has 0 spiro atoms. The molecule has 120 valence electrons. The quantitative estimate of drug-likeness (QED) is 0.554. The van der Waals surface area contributed by atoms with Gasteiger partial charge in [-0.05, 0) is 67.9 Å². The zero-order chi connectivity index (χ0) is 15.9. The van der Waals surface area contributed by atoms with Crippen LogP contribution in [0.15, 0.2) is 48.5 Å². The van der Waals surface area contributed by atoms with Crippen LogP contribution >= 0.6 is 0 Å². The summed E-state index contributed by atoms with van der Waals surface area (Å²) in [5.41, 5.74) is 3.45. The second kappa shape index (κ2) is 7.96. The molecule has 0 saturated heterocycles. The molecule has 23 heavy (non-hydrogen) atoms. The first-order valence-corrected chi connectivity index (χ1v) is 8.66. The molecule has 2 aromatic carbocycles. The Labute approximate surface area is 138 Å². The van der Waals surface area contributed by atoms with Gasteiger partial charge in [0.1, 0.15) is 5.75 Å². The molecule has 1 aliphatic carbocycles. The summed E-state index contributed by atoms with van der Waals surface area (Å²) in [6.45, 7) is 0.736. The van der Waals surface area contributed by atoms with Gasteiger partial charge in [0.25, 0.3) is 0 Å². The molecule has 0 aromatic heterocycles. The third-order valence-electron chi connectivity index (χ3n) is 4.45. The van der Waals surface area contributed by atoms with Crippen molar-refractivity contribution in [1.82, 2.24) is 0 Å². The first kappa shape index (κ1) is 15.8. The van der Waals surface area contributed by atoms with Gasteiger partial charge in [0.15, 0.2) is 5.78 Å². The zero-order valence-corrected chi connectivity index (χ0v) is 13.6. The molecule has 3 rings (SSSR count). The van der Waals surface area contributed by atoms with Crippen molar-refractivity contribution in [2.75, 3.05) is 6.61 Å². The van der Waals surface area contributed by atoms with Gasteiger partial charge in [-0.1, -0.05) is 30.3 Å². The number of aryl methyl sites for hydroxylation is 2. The second-order valence-corrected chi connectivity index (χ2v) is 6.24. The maximum Gasteiger partial charge on any atom is 0.163 e. The summed E-state index contributed by atoms with van der Waals surface area (Å²) in [7, 11) is 0. The van der Waals surface area contributed by atoms with Crippen molar-refractivity contribution in [2.45, 2.75) is 44.9 Å². The van der Waals surface area contributed by atoms with Gasteiger partial charge < -0.3 is 4.74 Å². The molecule has 0 aliphatic heterocycles. The first-order chi connectivity index (χ1) is 11.3. The van der Waals surface area contributed by atoms with E-state index in [9.17, 15) is 4.79 Å². The number of Topliss-reactive ketones (excluding diaryl/α,β-unsaturated/α-hetero) is 1. The van der Waals surface area contributed by atoms with Gasteiger partial charge >= 0.3 is 0 Å². The Hall–Kier alpha value is -2.09. The van der Waals surface area contributed by atoms with Crippen molar-refractivity contribution in [2.24, 2.45) is 0 Å². The molecule has 0 amide bonds. The molecule has 2 heteroatoms. The van der Waals surface area contributed by atoms with Crippen molar-refractivity contribution in [1.29, 1.82) is 0 Å². The molecule has 0 saturated carbocycles. The molecule has 0 bridgehead atoms. The highest BCUT2D eigenvalue weighted by Crippen LogP contribution is 2.25. The number of rotatable bonds is 6. The highest BCUT2D eigenvalue weighted by atomic mass is 16.5. The first-order valence-electron chi connectivity index (χ1n) is 8.66. The van der Waals surface area contributed by atoms with Gasteiger partial charge in [0, 0.05) is 12.0 Å². The molecule has 0 heterocycles. The van der Waals surface area contributed by atoms with Gasteiger partial charge in [-0.3, -0.25) is 4.79 Å². The third-order valence-corrected chi connectivity index (χ3v) is 4.45. The van der Waals surface area contributed by atoms with Gasteiger partial charge in [0.05, 0.1) is 6.61 Å². The van der Waals surface area contributed by atoms with Gasteiger partial charge in [-0.15, -0.1) is 0 Å². The second-order valence-electron chi connectivity index (χ2n) is 6.24. The Morgan fingerprint density at radius 3 is 2.61 bits per heavy atom. The highest BCUT2D eigenvalue weighted by Gasteiger charge is 2.15. The number of ether oxygens (including phenoxy) is 1. The lowest BCUT2D eigenvalue weighted by atomic mass is 10.0. The zero-order valence-electron chi connectivity index (χ0n) is 13.6. The Morgan fingerprint density at radius 2 is 1.74 bits per heavy atom. The third kappa shape index (κ3) is 4.44. The van der Waals surface area contributed by atoms with E-state index in [0.29, 0.717) is 6.42 Å². The topological polar surface area (TPSA) is 26.3 Å². The largest absolute Gasteiger partial charge is 0.494 e. The minimum absolute atomic E-state index is 0.284. The van der Waals surface area contributed by atoms with Crippen LogP contribution in [0.1, 0.15) is 53.6 Å². The monoisotopic (exact) mass is 308 g/mol. The number of hydrogen-bond donors (Lipinski definition) is 0. The normalized spacial score (nSPS) is 14.2. The van der Waals surface area contributed by atoms with Crippen molar-refractivity contribution >= 4 is 5.78 Å². The van der Waals surface area contributed by atoms with E-state index in [1.807, 2.05) is 12.1 Å². The van der Waals surface area contributed by atoms with Crippen LogP contribution in [0.3, 0.4) is 0 Å². The lowest BCUT2D eigenvalue weighted by molar-refractivity contribution is 0.0982. The Balaban J connectivity index is 1.47. The predicted molar refractivity (Wildman–Crippen MR) is 93.2 cm³/mol. The number of ketones is 1. The Kier molecular flexibility index (Phi) is 5.46. The molecule has 0 atom stereocenters. The number of fused-ring (bicyclic) bond motifs is 1. The van der Waals surface area contributed by atoms with Gasteiger partial charge in [-0.25, -0.2) is 0 Å². The number of benzene rings is 2. The van der Waals surface area contributed by atoms with Crippen LogP contribution in [0.25, 0.3) is 0 Å². The Morgan fingerprint density at radius 1 is 0.913 bits per heavy atom. The highest BCUT2D eigenvalue weighted by molar-refractivity contribution is 5.97. The summed E-state index contributed by atoms with van der Waals surface area (Å²) in [5, 5.41) is 0. The summed E-state index contributed by atoms with van der Waals surface area (Å²) in [6, 6.07) is 16.5. The molecule has 0 unspecified atom stereocenters. The van der Waals surface area contributed by atoms with Crippen LogP contribution in [-0.2, 0) is 12.8 Å². The van der Waals surface area contributed by atoms with E-state index in [0.717, 1.165) is 62.0 Å². The number of carbonyl (C=O) groups excluding carboxylic acids is 1. The molecular weight excluding hydrogens is 284 g/mol. The van der Waals surface area contributed by atoms with E-state index < -0.39 is 0 Å². The smallest absolute Gasteiger partial charge is 0.163 e. The molecule has 2 aromatic rings. The Bertz CT molecular complexity index is 646. The molecule has 1 aliphatic rings. The van der Waals surface area contributed by atoms with Crippen LogP contribution < -0.4 is 4.74 Å². The van der Waals surface area contributed by atoms with Crippen LogP contribution in [0.4, 0.5) is 0 Å². The molecule has 0 N–H and O–H groups in total. The van der Waals surface area contributed by atoms with Crippen LogP contribution in [-0.4, -0.2) is 12.4 Å². The summed E-state index contributed by atoms with van der Waals surface area (Å²) < 4.78 is 5.87. The molecule has 0 radical (unpaired) electrons. The van der Waals surface area contributed by atoms with Crippen LogP contribution in [0.5, 0.6) is 5.75 Å². The lowest BCUT2D eigenvalue weighted by Gasteiger charge is -2.10. The minimum Gasteiger partial charge on any atom is -0.494 e. The average Bonchev–Trinajstić information content (AvgIpc) is 2.77. The fourth-order valence-electron chi connectivity index (χ4n) is 3.14. The van der Waals surface area contributed by atoms with E-state index in [4.69, 9.17) is 4.74 Å². The minimum atomic E-state index is 0.284. The van der Waals surface area contributed by atoms with Gasteiger partial charge in [0.2, 0.25) is 0 Å². The van der Waals surface area contributed by atoms with Crippen molar-refractivity contribution in [3.8, 4) is 5.75 Å². The average molecular weight is 308 g/mol.